The van der Waals surface area contributed by atoms with Crippen LogP contribution in [-0.2, 0) is 10.9 Å². The number of hydrogen-bond donors (Lipinski definition) is 1. The van der Waals surface area contributed by atoms with Gasteiger partial charge >= 0.3 is 0 Å². The Hall–Kier alpha value is -0.350. The van der Waals surface area contributed by atoms with Gasteiger partial charge in [0.05, 0.1) is 0 Å². The first-order chi connectivity index (χ1) is 4.70. The minimum atomic E-state index is -2.35. The zero-order chi connectivity index (χ0) is 7.56. The summed E-state index contributed by atoms with van der Waals surface area (Å²) >= 11 is 0. The molecule has 0 aromatic heterocycles. The lowest BCUT2D eigenvalue weighted by Crippen LogP contribution is -2.26. The molecule has 1 aliphatic rings. The predicted molar refractivity (Wildman–Crippen MR) is 40.3 cm³/mol. The lowest BCUT2D eigenvalue weighted by molar-refractivity contribution is 0.447. The van der Waals surface area contributed by atoms with Crippen LogP contribution in [0.25, 0.3) is 0 Å². The molecule has 0 saturated heterocycles. The second-order valence-corrected chi connectivity index (χ2v) is 3.49. The van der Waals surface area contributed by atoms with E-state index in [2.05, 4.69) is 0 Å². The Balaban J connectivity index is 2.58. The Morgan fingerprint density at radius 1 is 1.60 bits per heavy atom. The van der Waals surface area contributed by atoms with E-state index < -0.39 is 10.9 Å². The minimum absolute atomic E-state index is 0.560. The van der Waals surface area contributed by atoms with Crippen LogP contribution in [-0.4, -0.2) is 25.8 Å². The standard InChI is InChI=1S/C6H11NO2S/c1-6-2-4-7(5-3-6)10(8)9/h2,10H,3-5H2,1H3. The Morgan fingerprint density at radius 2 is 2.30 bits per heavy atom. The van der Waals surface area contributed by atoms with Crippen molar-refractivity contribution in [3.8, 4) is 0 Å². The average molecular weight is 161 g/mol. The molecule has 0 spiro atoms. The summed E-state index contributed by atoms with van der Waals surface area (Å²) < 4.78 is 22.2. The molecule has 0 aliphatic carbocycles. The van der Waals surface area contributed by atoms with Crippen LogP contribution in [0.3, 0.4) is 0 Å². The maximum absolute atomic E-state index is 10.4. The van der Waals surface area contributed by atoms with Crippen LogP contribution in [0.2, 0.25) is 0 Å². The van der Waals surface area contributed by atoms with E-state index in [4.69, 9.17) is 0 Å². The van der Waals surface area contributed by atoms with Gasteiger partial charge in [0.1, 0.15) is 0 Å². The molecule has 1 aliphatic heterocycles. The number of nitrogens with zero attached hydrogens (tertiary/aromatic N) is 1. The highest BCUT2D eigenvalue weighted by Crippen LogP contribution is 2.08. The smallest absolute Gasteiger partial charge is 0.204 e. The molecule has 0 aromatic carbocycles. The van der Waals surface area contributed by atoms with E-state index in [0.717, 1.165) is 6.42 Å². The highest BCUT2D eigenvalue weighted by molar-refractivity contribution is 7.69. The molecule has 0 atom stereocenters. The van der Waals surface area contributed by atoms with E-state index >= 15 is 0 Å². The fourth-order valence-electron chi connectivity index (χ4n) is 0.908. The van der Waals surface area contributed by atoms with Crippen LogP contribution in [0, 0.1) is 0 Å². The summed E-state index contributed by atoms with van der Waals surface area (Å²) in [7, 11) is -2.35. The zero-order valence-electron chi connectivity index (χ0n) is 5.91. The second-order valence-electron chi connectivity index (χ2n) is 2.45. The van der Waals surface area contributed by atoms with Crippen LogP contribution in [0.15, 0.2) is 11.6 Å². The average Bonchev–Trinajstić information content (AvgIpc) is 1.88. The van der Waals surface area contributed by atoms with Crippen molar-refractivity contribution in [2.45, 2.75) is 13.3 Å². The van der Waals surface area contributed by atoms with Gasteiger partial charge in [0.15, 0.2) is 0 Å². The topological polar surface area (TPSA) is 37.4 Å². The molecule has 0 bridgehead atoms. The van der Waals surface area contributed by atoms with Gasteiger partial charge < -0.3 is 0 Å². The quantitative estimate of drug-likeness (QED) is 0.439. The van der Waals surface area contributed by atoms with Gasteiger partial charge in [-0.2, -0.15) is 0 Å². The van der Waals surface area contributed by atoms with Crippen molar-refractivity contribution in [2.75, 3.05) is 13.1 Å². The maximum Gasteiger partial charge on any atom is 0.204 e. The van der Waals surface area contributed by atoms with Crippen molar-refractivity contribution >= 4 is 10.9 Å². The highest BCUT2D eigenvalue weighted by Gasteiger charge is 2.09. The molecule has 10 heavy (non-hydrogen) atoms. The first-order valence-corrected chi connectivity index (χ1v) is 4.38. The van der Waals surface area contributed by atoms with Crippen molar-refractivity contribution in [2.24, 2.45) is 0 Å². The van der Waals surface area contributed by atoms with E-state index in [1.807, 2.05) is 13.0 Å². The molecule has 0 radical (unpaired) electrons. The van der Waals surface area contributed by atoms with Crippen molar-refractivity contribution < 1.29 is 8.42 Å². The molecule has 0 aromatic rings. The summed E-state index contributed by atoms with van der Waals surface area (Å²) in [6.07, 6.45) is 2.83. The highest BCUT2D eigenvalue weighted by atomic mass is 32.2. The van der Waals surface area contributed by atoms with Crippen molar-refractivity contribution in [1.29, 1.82) is 0 Å². The molecule has 0 unspecified atom stereocenters. The third kappa shape index (κ3) is 1.82. The number of thiol groups is 1. The summed E-state index contributed by atoms with van der Waals surface area (Å²) in [5, 5.41) is 0. The van der Waals surface area contributed by atoms with Gasteiger partial charge in [0.2, 0.25) is 10.9 Å². The SMILES string of the molecule is CC1=CCN([SH](=O)=O)CC1. The van der Waals surface area contributed by atoms with Gasteiger partial charge in [-0.15, -0.1) is 0 Å². The predicted octanol–water partition coefficient (Wildman–Crippen LogP) is 0.165. The second kappa shape index (κ2) is 3.16. The lowest BCUT2D eigenvalue weighted by atomic mass is 10.1. The van der Waals surface area contributed by atoms with E-state index in [-0.39, 0.29) is 0 Å². The van der Waals surface area contributed by atoms with Crippen LogP contribution in [0.1, 0.15) is 13.3 Å². The van der Waals surface area contributed by atoms with Gasteiger partial charge in [-0.1, -0.05) is 11.6 Å². The maximum atomic E-state index is 10.4. The molecule has 0 saturated carbocycles. The first-order valence-electron chi connectivity index (χ1n) is 3.25. The molecule has 0 amide bonds. The molecule has 4 heteroatoms. The number of hydrogen-bond acceptors (Lipinski definition) is 2. The van der Waals surface area contributed by atoms with Gasteiger partial charge in [0.25, 0.3) is 0 Å². The van der Waals surface area contributed by atoms with Crippen LogP contribution in [0.4, 0.5) is 0 Å². The van der Waals surface area contributed by atoms with Crippen molar-refractivity contribution in [3.63, 3.8) is 0 Å². The summed E-state index contributed by atoms with van der Waals surface area (Å²) in [6.45, 7) is 3.24. The fourth-order valence-corrected chi connectivity index (χ4v) is 1.39. The van der Waals surface area contributed by atoms with Crippen molar-refractivity contribution in [3.05, 3.63) is 11.6 Å². The molecule has 0 fully saturated rings. The van der Waals surface area contributed by atoms with E-state index in [9.17, 15) is 8.42 Å². The number of rotatable bonds is 1. The minimum Gasteiger partial charge on any atom is -0.215 e. The Morgan fingerprint density at radius 3 is 2.70 bits per heavy atom. The normalized spacial score (nSPS) is 21.2. The Labute approximate surface area is 62.4 Å². The molecule has 0 N–H and O–H groups in total. The summed E-state index contributed by atoms with van der Waals surface area (Å²) in [6, 6.07) is 0. The zero-order valence-corrected chi connectivity index (χ0v) is 6.80. The van der Waals surface area contributed by atoms with Gasteiger partial charge in [-0.25, -0.2) is 12.7 Å². The third-order valence-electron chi connectivity index (χ3n) is 1.65. The molecular weight excluding hydrogens is 150 g/mol. The van der Waals surface area contributed by atoms with Crippen molar-refractivity contribution in [1.82, 2.24) is 4.31 Å². The fraction of sp³-hybridized carbons (Fsp3) is 0.667. The largest absolute Gasteiger partial charge is 0.215 e. The molecule has 1 rings (SSSR count). The summed E-state index contributed by atoms with van der Waals surface area (Å²) in [4.78, 5) is 0. The van der Waals surface area contributed by atoms with Gasteiger partial charge in [0, 0.05) is 13.1 Å². The van der Waals surface area contributed by atoms with Gasteiger partial charge in [-0.05, 0) is 13.3 Å². The molecule has 1 heterocycles. The molecular formula is C6H11NO2S. The van der Waals surface area contributed by atoms with E-state index in [1.54, 1.807) is 0 Å². The molecule has 3 nitrogen and oxygen atoms in total. The monoisotopic (exact) mass is 161 g/mol. The summed E-state index contributed by atoms with van der Waals surface area (Å²) in [5.74, 6) is 0. The van der Waals surface area contributed by atoms with Crippen LogP contribution >= 0.6 is 0 Å². The van der Waals surface area contributed by atoms with Crippen LogP contribution in [0.5, 0.6) is 0 Å². The van der Waals surface area contributed by atoms with E-state index in [1.165, 1.54) is 9.88 Å². The Kier molecular flexibility index (Phi) is 2.45. The van der Waals surface area contributed by atoms with Gasteiger partial charge in [-0.3, -0.25) is 0 Å². The summed E-state index contributed by atoms with van der Waals surface area (Å²) in [5.41, 5.74) is 1.29. The van der Waals surface area contributed by atoms with Crippen LogP contribution < -0.4 is 0 Å². The lowest BCUT2D eigenvalue weighted by Gasteiger charge is -2.18. The first kappa shape index (κ1) is 7.75. The Bertz CT molecular complexity index is 212. The third-order valence-corrected chi connectivity index (χ3v) is 2.47. The van der Waals surface area contributed by atoms with E-state index in [0.29, 0.717) is 13.1 Å². The molecule has 58 valence electrons.